The molecule has 2 amide bonds. The highest BCUT2D eigenvalue weighted by Crippen LogP contribution is 2.41. The Labute approximate surface area is 283 Å². The summed E-state index contributed by atoms with van der Waals surface area (Å²) in [5.41, 5.74) is 7.72. The molecule has 2 heterocycles. The normalized spacial score (nSPS) is 18.0. The fourth-order valence-electron chi connectivity index (χ4n) is 4.69. The van der Waals surface area contributed by atoms with Gasteiger partial charge in [0.1, 0.15) is 23.2 Å². The number of ether oxygens (including phenoxy) is 2. The fraction of sp³-hybridized carbons (Fsp3) is 0.226. The molecule has 2 aliphatic rings. The first kappa shape index (κ1) is 36.5. The first-order valence-electron chi connectivity index (χ1n) is 14.2. The van der Waals surface area contributed by atoms with Crippen LogP contribution in [-0.2, 0) is 34.0 Å². The second-order valence-electron chi connectivity index (χ2n) is 10.7. The number of esters is 1. The monoisotopic (exact) mass is 714 g/mol. The van der Waals surface area contributed by atoms with Gasteiger partial charge in [0.25, 0.3) is 28.0 Å². The summed E-state index contributed by atoms with van der Waals surface area (Å²) in [4.78, 5) is 61.4. The third-order valence-electron chi connectivity index (χ3n) is 7.21. The van der Waals surface area contributed by atoms with E-state index in [9.17, 15) is 37.7 Å². The Hall–Kier alpha value is -5.30. The molecular formula is C31H30N4O12S2. The number of non-ortho nitro benzene ring substituents is 1. The van der Waals surface area contributed by atoms with E-state index >= 15 is 0 Å². The van der Waals surface area contributed by atoms with Gasteiger partial charge in [0.15, 0.2) is 0 Å². The van der Waals surface area contributed by atoms with E-state index in [0.717, 1.165) is 17.7 Å². The standard InChI is InChI=1S/C24H22N4O9S.C7H8O3S/c1-12-11-38-21-17(26-19(29)16(25)13-5-3-2-4-6-13)20(30)27(21)18(12)22(31)36-23(37-24(32)33)14-7-9-15(10-8-14)28(34)35;1-6-2-4-7(5-3-6)11(8,9)10/h2-10,16-17,21,23H,11,25H2,1H3,(H,26,29)(H,32,33);2-5H,1H3,(H,8,9,10)/t16-,17-,21-,23?;/m1./s1. The van der Waals surface area contributed by atoms with E-state index in [-0.39, 0.29) is 21.8 Å². The van der Waals surface area contributed by atoms with Gasteiger partial charge in [0.2, 0.25) is 5.91 Å². The maximum Gasteiger partial charge on any atom is 0.509 e. The van der Waals surface area contributed by atoms with Crippen molar-refractivity contribution in [2.75, 3.05) is 5.75 Å². The van der Waals surface area contributed by atoms with Crippen LogP contribution in [0.25, 0.3) is 0 Å². The number of amides is 2. The number of carbonyl (C=O) groups excluding carboxylic acids is 3. The number of hydrogen-bond donors (Lipinski definition) is 4. The first-order valence-corrected chi connectivity index (χ1v) is 16.7. The van der Waals surface area contributed by atoms with Gasteiger partial charge in [-0.15, -0.1) is 11.8 Å². The summed E-state index contributed by atoms with van der Waals surface area (Å²) in [6, 6.07) is 17.3. The number of β-lactam (4-membered cyclic amide) rings is 1. The number of hydrogen-bond acceptors (Lipinski definition) is 12. The van der Waals surface area contributed by atoms with Crippen molar-refractivity contribution >= 4 is 51.5 Å². The molecular weight excluding hydrogens is 684 g/mol. The Bertz CT molecular complexity index is 1890. The van der Waals surface area contributed by atoms with Crippen LogP contribution >= 0.6 is 11.8 Å². The number of nitrogens with one attached hydrogen (secondary N) is 1. The van der Waals surface area contributed by atoms with Crippen molar-refractivity contribution < 1.29 is 51.7 Å². The predicted octanol–water partition coefficient (Wildman–Crippen LogP) is 3.45. The number of fused-ring (bicyclic) bond motifs is 1. The molecule has 18 heteroatoms. The van der Waals surface area contributed by atoms with E-state index in [1.807, 2.05) is 6.92 Å². The van der Waals surface area contributed by atoms with Gasteiger partial charge in [-0.3, -0.25) is 29.2 Å². The number of nitro groups is 1. The van der Waals surface area contributed by atoms with Crippen molar-refractivity contribution in [1.29, 1.82) is 0 Å². The Kier molecular flexibility index (Phi) is 11.4. The highest BCUT2D eigenvalue weighted by Gasteiger charge is 2.54. The van der Waals surface area contributed by atoms with Crippen molar-refractivity contribution in [3.05, 3.63) is 117 Å². The van der Waals surface area contributed by atoms with Crippen molar-refractivity contribution in [3.8, 4) is 0 Å². The molecule has 2 aliphatic heterocycles. The molecule has 0 radical (unpaired) electrons. The highest BCUT2D eigenvalue weighted by atomic mass is 32.2. The Morgan fingerprint density at radius 2 is 1.61 bits per heavy atom. The summed E-state index contributed by atoms with van der Waals surface area (Å²) in [6.45, 7) is 3.46. The zero-order chi connectivity index (χ0) is 36.0. The third-order valence-corrected chi connectivity index (χ3v) is 9.50. The molecule has 1 saturated heterocycles. The maximum atomic E-state index is 13.1. The minimum Gasteiger partial charge on any atom is -0.450 e. The predicted molar refractivity (Wildman–Crippen MR) is 173 cm³/mol. The van der Waals surface area contributed by atoms with Crippen LogP contribution in [0, 0.1) is 17.0 Å². The van der Waals surface area contributed by atoms with Gasteiger partial charge in [0.05, 0.1) is 9.82 Å². The second-order valence-corrected chi connectivity index (χ2v) is 13.2. The van der Waals surface area contributed by atoms with Gasteiger partial charge < -0.3 is 25.6 Å². The largest absolute Gasteiger partial charge is 0.509 e. The summed E-state index contributed by atoms with van der Waals surface area (Å²) in [5.74, 6) is -1.82. The van der Waals surface area contributed by atoms with E-state index in [1.54, 1.807) is 49.4 Å². The molecule has 4 atom stereocenters. The minimum atomic E-state index is -4.02. The van der Waals surface area contributed by atoms with E-state index in [1.165, 1.54) is 40.9 Å². The number of aryl methyl sites for hydroxylation is 1. The molecule has 3 aromatic rings. The van der Waals surface area contributed by atoms with Crippen molar-refractivity contribution in [1.82, 2.24) is 10.2 Å². The molecule has 1 unspecified atom stereocenters. The van der Waals surface area contributed by atoms with Crippen LogP contribution in [0.15, 0.2) is 95.0 Å². The van der Waals surface area contributed by atoms with Gasteiger partial charge >= 0.3 is 12.1 Å². The lowest BCUT2D eigenvalue weighted by molar-refractivity contribution is -0.384. The Balaban J connectivity index is 0.000000418. The number of nitro benzene ring substituents is 1. The molecule has 5 N–H and O–H groups in total. The minimum absolute atomic E-state index is 0.0290. The lowest BCUT2D eigenvalue weighted by atomic mass is 10.0. The Morgan fingerprint density at radius 3 is 2.16 bits per heavy atom. The topological polar surface area (TPSA) is 246 Å². The van der Waals surface area contributed by atoms with Crippen LogP contribution in [0.2, 0.25) is 0 Å². The van der Waals surface area contributed by atoms with Crippen molar-refractivity contribution in [2.45, 2.75) is 42.5 Å². The van der Waals surface area contributed by atoms with Crippen LogP contribution in [-0.4, -0.2) is 69.0 Å². The molecule has 0 bridgehead atoms. The molecule has 1 fully saturated rings. The lowest BCUT2D eigenvalue weighted by Gasteiger charge is -2.49. The third kappa shape index (κ3) is 8.79. The molecule has 0 saturated carbocycles. The number of thioether (sulfide) groups is 1. The van der Waals surface area contributed by atoms with Gasteiger partial charge in [0, 0.05) is 23.4 Å². The molecule has 0 aliphatic carbocycles. The summed E-state index contributed by atoms with van der Waals surface area (Å²) < 4.78 is 39.5. The number of carbonyl (C=O) groups is 4. The number of carboxylic acid groups (broad SMARTS) is 1. The van der Waals surface area contributed by atoms with Crippen LogP contribution in [0.1, 0.15) is 35.9 Å². The van der Waals surface area contributed by atoms with Gasteiger partial charge in [-0.05, 0) is 49.2 Å². The van der Waals surface area contributed by atoms with Crippen LogP contribution in [0.4, 0.5) is 10.5 Å². The highest BCUT2D eigenvalue weighted by molar-refractivity contribution is 8.00. The average Bonchev–Trinajstić information content (AvgIpc) is 3.06. The number of nitrogens with two attached hydrogens (primary N) is 1. The molecule has 16 nitrogen and oxygen atoms in total. The van der Waals surface area contributed by atoms with E-state index in [4.69, 9.17) is 20.1 Å². The average molecular weight is 715 g/mol. The van der Waals surface area contributed by atoms with E-state index < -0.39 is 62.7 Å². The molecule has 0 spiro atoms. The maximum absolute atomic E-state index is 13.1. The zero-order valence-corrected chi connectivity index (χ0v) is 27.4. The SMILES string of the molecule is CC1=C(C(=O)OC(OC(=O)O)c2ccc([N+](=O)[O-])cc2)N2C(=O)[C@@H](NC(=O)[C@H](N)c3ccccc3)[C@H]2SC1.Cc1ccc(S(=O)(=O)O)cc1. The first-order chi connectivity index (χ1) is 23.1. The molecule has 3 aromatic carbocycles. The van der Waals surface area contributed by atoms with Gasteiger partial charge in [-0.2, -0.15) is 8.42 Å². The number of benzene rings is 3. The van der Waals surface area contributed by atoms with Gasteiger partial charge in [-0.1, -0.05) is 48.0 Å². The van der Waals surface area contributed by atoms with E-state index in [0.29, 0.717) is 16.9 Å². The lowest BCUT2D eigenvalue weighted by Crippen LogP contribution is -2.71. The smallest absolute Gasteiger partial charge is 0.450 e. The molecule has 258 valence electrons. The van der Waals surface area contributed by atoms with E-state index in [2.05, 4.69) is 10.1 Å². The van der Waals surface area contributed by atoms with Crippen molar-refractivity contribution in [3.63, 3.8) is 0 Å². The van der Waals surface area contributed by atoms with Crippen LogP contribution < -0.4 is 11.1 Å². The Morgan fingerprint density at radius 1 is 1.00 bits per heavy atom. The summed E-state index contributed by atoms with van der Waals surface area (Å²) >= 11 is 1.33. The quantitative estimate of drug-likeness (QED) is 0.0619. The molecule has 0 aromatic heterocycles. The van der Waals surface area contributed by atoms with Crippen LogP contribution in [0.3, 0.4) is 0 Å². The summed E-state index contributed by atoms with van der Waals surface area (Å²) in [6.07, 6.45) is -3.49. The summed E-state index contributed by atoms with van der Waals surface area (Å²) in [7, 11) is -4.02. The van der Waals surface area contributed by atoms with Crippen LogP contribution in [0.5, 0.6) is 0 Å². The van der Waals surface area contributed by atoms with Gasteiger partial charge in [-0.25, -0.2) is 9.59 Å². The fourth-order valence-corrected chi connectivity index (χ4v) is 6.46. The molecule has 5 rings (SSSR count). The summed E-state index contributed by atoms with van der Waals surface area (Å²) in [5, 5.41) is 22.0. The molecule has 49 heavy (non-hydrogen) atoms. The van der Waals surface area contributed by atoms with Crippen molar-refractivity contribution in [2.24, 2.45) is 5.73 Å². The zero-order valence-electron chi connectivity index (χ0n) is 25.8. The number of rotatable bonds is 9. The number of nitrogens with zero attached hydrogens (tertiary/aromatic N) is 2. The second kappa shape index (κ2) is 15.3.